The first kappa shape index (κ1) is 12.8. The molecule has 0 radical (unpaired) electrons. The monoisotopic (exact) mass is 266 g/mol. The Morgan fingerprint density at radius 3 is 3.00 bits per heavy atom. The van der Waals surface area contributed by atoms with Crippen molar-refractivity contribution < 1.29 is 14.3 Å². The molecule has 0 aliphatic carbocycles. The SMILES string of the molecule is CCOC(=O)C1C(C)=NC(=O)NC1c1cccs1. The number of nitrogens with one attached hydrogen (secondary N) is 1. The molecule has 5 nitrogen and oxygen atoms in total. The Morgan fingerprint density at radius 1 is 1.61 bits per heavy atom. The standard InChI is InChI=1S/C12H14N2O3S/c1-3-17-11(15)9-7(2)13-12(16)14-10(9)8-5-4-6-18-8/h4-6,9-10H,3H2,1-2H3,(H,14,16). The third kappa shape index (κ3) is 2.43. The van der Waals surface area contributed by atoms with Gasteiger partial charge in [0, 0.05) is 10.6 Å². The fourth-order valence-corrected chi connectivity index (χ4v) is 2.77. The lowest BCUT2D eigenvalue weighted by molar-refractivity contribution is -0.146. The van der Waals surface area contributed by atoms with Gasteiger partial charge in [0.15, 0.2) is 0 Å². The molecule has 18 heavy (non-hydrogen) atoms. The molecule has 0 spiro atoms. The number of nitrogens with zero attached hydrogens (tertiary/aromatic N) is 1. The van der Waals surface area contributed by atoms with E-state index in [1.54, 1.807) is 13.8 Å². The Morgan fingerprint density at radius 2 is 2.39 bits per heavy atom. The van der Waals surface area contributed by atoms with E-state index in [4.69, 9.17) is 4.74 Å². The van der Waals surface area contributed by atoms with Crippen LogP contribution < -0.4 is 5.32 Å². The zero-order valence-corrected chi connectivity index (χ0v) is 11.0. The number of amides is 2. The first-order valence-corrected chi connectivity index (χ1v) is 6.57. The molecule has 1 N–H and O–H groups in total. The summed E-state index contributed by atoms with van der Waals surface area (Å²) in [5.41, 5.74) is 0.496. The molecular weight excluding hydrogens is 252 g/mol. The number of carbonyl (C=O) groups is 2. The summed E-state index contributed by atoms with van der Waals surface area (Å²) < 4.78 is 5.05. The van der Waals surface area contributed by atoms with Gasteiger partial charge < -0.3 is 10.1 Å². The van der Waals surface area contributed by atoms with Crippen molar-refractivity contribution in [1.82, 2.24) is 5.32 Å². The smallest absolute Gasteiger partial charge is 0.341 e. The summed E-state index contributed by atoms with van der Waals surface area (Å²) >= 11 is 1.50. The lowest BCUT2D eigenvalue weighted by Gasteiger charge is -2.28. The van der Waals surface area contributed by atoms with E-state index in [9.17, 15) is 9.59 Å². The Balaban J connectivity index is 2.33. The molecule has 0 saturated carbocycles. The third-order valence-corrected chi connectivity index (χ3v) is 3.69. The highest BCUT2D eigenvalue weighted by Crippen LogP contribution is 2.30. The predicted octanol–water partition coefficient (Wildman–Crippen LogP) is 2.15. The summed E-state index contributed by atoms with van der Waals surface area (Å²) in [6.07, 6.45) is 0. The van der Waals surface area contributed by atoms with Crippen LogP contribution in [-0.4, -0.2) is 24.3 Å². The van der Waals surface area contributed by atoms with Crippen LogP contribution in [0.5, 0.6) is 0 Å². The molecule has 1 aliphatic heterocycles. The summed E-state index contributed by atoms with van der Waals surface area (Å²) in [5, 5.41) is 4.63. The van der Waals surface area contributed by atoms with Crippen LogP contribution in [0.25, 0.3) is 0 Å². The second-order valence-electron chi connectivity index (χ2n) is 3.93. The molecule has 0 saturated heterocycles. The van der Waals surface area contributed by atoms with Gasteiger partial charge in [-0.25, -0.2) is 9.79 Å². The molecule has 1 aromatic heterocycles. The highest BCUT2D eigenvalue weighted by Gasteiger charge is 2.38. The van der Waals surface area contributed by atoms with Crippen LogP contribution in [0, 0.1) is 5.92 Å². The molecule has 0 aromatic carbocycles. The van der Waals surface area contributed by atoms with Crippen LogP contribution in [0.3, 0.4) is 0 Å². The Labute approximate surface area is 109 Å². The van der Waals surface area contributed by atoms with E-state index >= 15 is 0 Å². The number of thiophene rings is 1. The lowest BCUT2D eigenvalue weighted by atomic mass is 9.92. The molecule has 2 amide bonds. The molecule has 6 heteroatoms. The number of urea groups is 1. The topological polar surface area (TPSA) is 67.8 Å². The molecule has 2 rings (SSSR count). The largest absolute Gasteiger partial charge is 0.465 e. The number of rotatable bonds is 3. The summed E-state index contributed by atoms with van der Waals surface area (Å²) in [5.74, 6) is -0.890. The molecule has 2 unspecified atom stereocenters. The molecule has 0 fully saturated rings. The van der Waals surface area contributed by atoms with Crippen LogP contribution in [0.4, 0.5) is 4.79 Å². The van der Waals surface area contributed by atoms with Crippen molar-refractivity contribution in [2.75, 3.05) is 6.61 Å². The van der Waals surface area contributed by atoms with Gasteiger partial charge in [-0.2, -0.15) is 0 Å². The lowest BCUT2D eigenvalue weighted by Crippen LogP contribution is -2.43. The van der Waals surface area contributed by atoms with Crippen molar-refractivity contribution in [2.45, 2.75) is 19.9 Å². The average molecular weight is 266 g/mol. The van der Waals surface area contributed by atoms with Crippen LogP contribution in [-0.2, 0) is 9.53 Å². The van der Waals surface area contributed by atoms with E-state index in [0.29, 0.717) is 12.3 Å². The van der Waals surface area contributed by atoms with Crippen molar-refractivity contribution in [3.05, 3.63) is 22.4 Å². The maximum absolute atomic E-state index is 12.0. The zero-order chi connectivity index (χ0) is 13.1. The summed E-state index contributed by atoms with van der Waals surface area (Å²) in [6, 6.07) is 2.98. The summed E-state index contributed by atoms with van der Waals surface area (Å²) in [6.45, 7) is 3.75. The highest BCUT2D eigenvalue weighted by atomic mass is 32.1. The number of carbonyl (C=O) groups excluding carboxylic acids is 2. The van der Waals surface area contributed by atoms with Crippen molar-refractivity contribution in [2.24, 2.45) is 10.9 Å². The van der Waals surface area contributed by atoms with E-state index in [1.165, 1.54) is 11.3 Å². The molecular formula is C12H14N2O3S. The quantitative estimate of drug-likeness (QED) is 0.852. The van der Waals surface area contributed by atoms with E-state index < -0.39 is 11.9 Å². The number of aliphatic imine (C=N–C) groups is 1. The minimum atomic E-state index is -0.540. The summed E-state index contributed by atoms with van der Waals surface area (Å²) in [4.78, 5) is 28.2. The second-order valence-corrected chi connectivity index (χ2v) is 4.90. The van der Waals surface area contributed by atoms with Gasteiger partial charge in [-0.3, -0.25) is 4.79 Å². The predicted molar refractivity (Wildman–Crippen MR) is 68.8 cm³/mol. The molecule has 1 aromatic rings. The van der Waals surface area contributed by atoms with E-state index in [-0.39, 0.29) is 12.0 Å². The van der Waals surface area contributed by atoms with Crippen molar-refractivity contribution in [3.63, 3.8) is 0 Å². The number of hydrogen-bond acceptors (Lipinski definition) is 4. The first-order chi connectivity index (χ1) is 8.63. The van der Waals surface area contributed by atoms with Gasteiger partial charge in [-0.05, 0) is 25.3 Å². The maximum atomic E-state index is 12.0. The van der Waals surface area contributed by atoms with Crippen molar-refractivity contribution in [1.29, 1.82) is 0 Å². The molecule has 0 bridgehead atoms. The van der Waals surface area contributed by atoms with E-state index in [2.05, 4.69) is 10.3 Å². The van der Waals surface area contributed by atoms with Crippen LogP contribution >= 0.6 is 11.3 Å². The van der Waals surface area contributed by atoms with Gasteiger partial charge in [0.25, 0.3) is 0 Å². The fourth-order valence-electron chi connectivity index (χ4n) is 1.96. The normalized spacial score (nSPS) is 23.2. The third-order valence-electron chi connectivity index (χ3n) is 2.73. The van der Waals surface area contributed by atoms with Gasteiger partial charge in [0.2, 0.25) is 0 Å². The summed E-state index contributed by atoms with van der Waals surface area (Å²) in [7, 11) is 0. The Hall–Kier alpha value is -1.69. The van der Waals surface area contributed by atoms with Crippen molar-refractivity contribution in [3.8, 4) is 0 Å². The van der Waals surface area contributed by atoms with Gasteiger partial charge in [-0.1, -0.05) is 6.07 Å². The number of hydrogen-bond donors (Lipinski definition) is 1. The first-order valence-electron chi connectivity index (χ1n) is 5.69. The van der Waals surface area contributed by atoms with Crippen LogP contribution in [0.15, 0.2) is 22.5 Å². The fraction of sp³-hybridized carbons (Fsp3) is 0.417. The molecule has 2 heterocycles. The molecule has 1 aliphatic rings. The molecule has 96 valence electrons. The minimum Gasteiger partial charge on any atom is -0.465 e. The second kappa shape index (κ2) is 5.30. The highest BCUT2D eigenvalue weighted by molar-refractivity contribution is 7.10. The minimum absolute atomic E-state index is 0.313. The average Bonchev–Trinajstić information content (AvgIpc) is 2.81. The van der Waals surface area contributed by atoms with Crippen molar-refractivity contribution >= 4 is 29.0 Å². The van der Waals surface area contributed by atoms with E-state index in [0.717, 1.165) is 4.88 Å². The van der Waals surface area contributed by atoms with Crippen LogP contribution in [0.2, 0.25) is 0 Å². The maximum Gasteiger partial charge on any atom is 0.341 e. The Bertz CT molecular complexity index is 482. The van der Waals surface area contributed by atoms with Crippen LogP contribution in [0.1, 0.15) is 24.8 Å². The van der Waals surface area contributed by atoms with Gasteiger partial charge in [0.05, 0.1) is 12.6 Å². The molecule has 2 atom stereocenters. The Kier molecular flexibility index (Phi) is 3.76. The van der Waals surface area contributed by atoms with Gasteiger partial charge in [-0.15, -0.1) is 11.3 Å². The number of ether oxygens (including phenoxy) is 1. The van der Waals surface area contributed by atoms with E-state index in [1.807, 2.05) is 17.5 Å². The van der Waals surface area contributed by atoms with Gasteiger partial charge >= 0.3 is 12.0 Å². The number of esters is 1. The zero-order valence-electron chi connectivity index (χ0n) is 10.2. The van der Waals surface area contributed by atoms with Gasteiger partial charge in [0.1, 0.15) is 5.92 Å².